The third-order valence-electron chi connectivity index (χ3n) is 2.16. The van der Waals surface area contributed by atoms with Crippen LogP contribution in [0.3, 0.4) is 0 Å². The highest BCUT2D eigenvalue weighted by molar-refractivity contribution is 9.10. The highest BCUT2D eigenvalue weighted by Gasteiger charge is 2.34. The van der Waals surface area contributed by atoms with Crippen molar-refractivity contribution in [3.8, 4) is 0 Å². The van der Waals surface area contributed by atoms with Crippen LogP contribution in [-0.4, -0.2) is 0 Å². The molecule has 0 bridgehead atoms. The molecule has 0 saturated heterocycles. The smallest absolute Gasteiger partial charge is 0.166 e. The molecule has 15 heavy (non-hydrogen) atoms. The van der Waals surface area contributed by atoms with Crippen LogP contribution in [0.4, 0.5) is 13.2 Å². The number of alkyl halides is 3. The normalized spacial score (nSPS) is 12.0. The maximum atomic E-state index is 12.7. The summed E-state index contributed by atoms with van der Waals surface area (Å²) in [5.74, 6) is 0. The van der Waals surface area contributed by atoms with Gasteiger partial charge in [-0.05, 0) is 16.8 Å². The largest absolute Gasteiger partial charge is 0.418 e. The first kappa shape index (κ1) is 10.5. The second kappa shape index (κ2) is 3.52. The minimum absolute atomic E-state index is 0.0775. The molecule has 4 heteroatoms. The Morgan fingerprint density at radius 3 is 2.27 bits per heavy atom. The summed E-state index contributed by atoms with van der Waals surface area (Å²) >= 11 is 2.93. The Bertz CT molecular complexity index is 503. The van der Waals surface area contributed by atoms with E-state index < -0.39 is 11.7 Å². The molecule has 0 N–H and O–H groups in total. The van der Waals surface area contributed by atoms with E-state index in [9.17, 15) is 13.2 Å². The number of hydrogen-bond acceptors (Lipinski definition) is 0. The Morgan fingerprint density at radius 1 is 0.933 bits per heavy atom. The molecule has 0 fully saturated rings. The second-order valence-corrected chi connectivity index (χ2v) is 4.00. The Kier molecular flexibility index (Phi) is 2.46. The van der Waals surface area contributed by atoms with Crippen molar-refractivity contribution in [3.05, 3.63) is 46.4 Å². The van der Waals surface area contributed by atoms with E-state index in [2.05, 4.69) is 15.9 Å². The molecule has 0 aliphatic rings. The molecule has 0 aliphatic carbocycles. The number of rotatable bonds is 0. The van der Waals surface area contributed by atoms with Gasteiger partial charge in [-0.25, -0.2) is 0 Å². The molecule has 0 saturated carbocycles. The van der Waals surface area contributed by atoms with Crippen LogP contribution in [0.5, 0.6) is 0 Å². The maximum absolute atomic E-state index is 12.7. The van der Waals surface area contributed by atoms with Crippen LogP contribution < -0.4 is 0 Å². The van der Waals surface area contributed by atoms with Crippen molar-refractivity contribution in [3.63, 3.8) is 0 Å². The van der Waals surface area contributed by atoms with Crippen LogP contribution in [0.15, 0.2) is 40.9 Å². The Morgan fingerprint density at radius 2 is 1.60 bits per heavy atom. The number of fused-ring (bicyclic) bond motifs is 1. The first-order valence-corrected chi connectivity index (χ1v) is 5.04. The molecule has 0 atom stereocenters. The van der Waals surface area contributed by atoms with Crippen molar-refractivity contribution in [2.75, 3.05) is 0 Å². The summed E-state index contributed by atoms with van der Waals surface area (Å²) in [6, 6.07) is 9.54. The maximum Gasteiger partial charge on any atom is 0.418 e. The molecule has 0 heterocycles. The van der Waals surface area contributed by atoms with Gasteiger partial charge < -0.3 is 0 Å². The van der Waals surface area contributed by atoms with Gasteiger partial charge >= 0.3 is 6.18 Å². The van der Waals surface area contributed by atoms with E-state index in [4.69, 9.17) is 0 Å². The highest BCUT2D eigenvalue weighted by atomic mass is 79.9. The molecule has 0 aromatic heterocycles. The molecule has 78 valence electrons. The lowest BCUT2D eigenvalue weighted by Crippen LogP contribution is -2.06. The highest BCUT2D eigenvalue weighted by Crippen LogP contribution is 2.39. The molecule has 0 spiro atoms. The van der Waals surface area contributed by atoms with Gasteiger partial charge in [0.2, 0.25) is 0 Å². The van der Waals surface area contributed by atoms with Crippen molar-refractivity contribution in [2.45, 2.75) is 6.18 Å². The van der Waals surface area contributed by atoms with Gasteiger partial charge in [-0.1, -0.05) is 46.3 Å². The summed E-state index contributed by atoms with van der Waals surface area (Å²) in [6.45, 7) is 0. The fourth-order valence-corrected chi connectivity index (χ4v) is 2.10. The van der Waals surface area contributed by atoms with Gasteiger partial charge in [-0.3, -0.25) is 0 Å². The average molecular weight is 275 g/mol. The zero-order chi connectivity index (χ0) is 11.1. The van der Waals surface area contributed by atoms with Crippen molar-refractivity contribution < 1.29 is 13.2 Å². The monoisotopic (exact) mass is 274 g/mol. The van der Waals surface area contributed by atoms with Gasteiger partial charge in [-0.15, -0.1) is 0 Å². The molecular formula is C11H6BrF3. The lowest BCUT2D eigenvalue weighted by molar-refractivity contribution is -0.136. The molecule has 0 radical (unpaired) electrons. The van der Waals surface area contributed by atoms with Crippen LogP contribution in [0.1, 0.15) is 5.56 Å². The first-order valence-electron chi connectivity index (χ1n) is 4.24. The SMILES string of the molecule is FC(F)(F)c1c(Br)ccc2ccccc12. The summed E-state index contributed by atoms with van der Waals surface area (Å²) in [4.78, 5) is 0. The fourth-order valence-electron chi connectivity index (χ4n) is 1.53. The van der Waals surface area contributed by atoms with Crippen LogP contribution >= 0.6 is 15.9 Å². The van der Waals surface area contributed by atoms with E-state index >= 15 is 0 Å². The van der Waals surface area contributed by atoms with Crippen LogP contribution in [0.25, 0.3) is 10.8 Å². The molecule has 2 rings (SSSR count). The molecule has 0 amide bonds. The Hall–Kier alpha value is -1.03. The summed E-state index contributed by atoms with van der Waals surface area (Å²) in [5, 5.41) is 0.812. The fraction of sp³-hybridized carbons (Fsp3) is 0.0909. The number of benzene rings is 2. The molecule has 2 aromatic rings. The lowest BCUT2D eigenvalue weighted by atomic mass is 10.0. The van der Waals surface area contributed by atoms with Gasteiger partial charge in [0.25, 0.3) is 0 Å². The molecular weight excluding hydrogens is 269 g/mol. The third-order valence-corrected chi connectivity index (χ3v) is 2.82. The van der Waals surface area contributed by atoms with Crippen molar-refractivity contribution >= 4 is 26.7 Å². The standard InChI is InChI=1S/C11H6BrF3/c12-9-6-5-7-3-1-2-4-8(7)10(9)11(13,14)15/h1-6H. The molecule has 2 aromatic carbocycles. The van der Waals surface area contributed by atoms with Crippen molar-refractivity contribution in [1.82, 2.24) is 0 Å². The minimum atomic E-state index is -4.33. The van der Waals surface area contributed by atoms with E-state index in [1.807, 2.05) is 0 Å². The summed E-state index contributed by atoms with van der Waals surface area (Å²) in [5.41, 5.74) is -0.611. The number of halogens is 4. The predicted molar refractivity (Wildman–Crippen MR) is 56.7 cm³/mol. The van der Waals surface area contributed by atoms with E-state index in [1.54, 1.807) is 24.3 Å². The zero-order valence-electron chi connectivity index (χ0n) is 7.48. The average Bonchev–Trinajstić information content (AvgIpc) is 2.15. The number of hydrogen-bond donors (Lipinski definition) is 0. The van der Waals surface area contributed by atoms with Gasteiger partial charge in [0.1, 0.15) is 0 Å². The zero-order valence-corrected chi connectivity index (χ0v) is 9.06. The van der Waals surface area contributed by atoms with Crippen LogP contribution in [-0.2, 0) is 6.18 Å². The minimum Gasteiger partial charge on any atom is -0.166 e. The van der Waals surface area contributed by atoms with E-state index in [0.29, 0.717) is 5.39 Å². The lowest BCUT2D eigenvalue weighted by Gasteiger charge is -2.12. The van der Waals surface area contributed by atoms with Crippen molar-refractivity contribution in [1.29, 1.82) is 0 Å². The van der Waals surface area contributed by atoms with Crippen LogP contribution in [0.2, 0.25) is 0 Å². The quantitative estimate of drug-likeness (QED) is 0.658. The van der Waals surface area contributed by atoms with E-state index in [1.165, 1.54) is 12.1 Å². The van der Waals surface area contributed by atoms with E-state index in [-0.39, 0.29) is 9.86 Å². The molecule has 0 unspecified atom stereocenters. The van der Waals surface area contributed by atoms with Crippen LogP contribution in [0, 0.1) is 0 Å². The summed E-state index contributed by atoms with van der Waals surface area (Å²) < 4.78 is 38.3. The Balaban J connectivity index is 2.86. The Labute approximate surface area is 92.8 Å². The molecule has 0 nitrogen and oxygen atoms in total. The van der Waals surface area contributed by atoms with Gasteiger partial charge in [-0.2, -0.15) is 13.2 Å². The topological polar surface area (TPSA) is 0 Å². The van der Waals surface area contributed by atoms with E-state index in [0.717, 1.165) is 0 Å². The predicted octanol–water partition coefficient (Wildman–Crippen LogP) is 4.62. The molecule has 0 aliphatic heterocycles. The first-order chi connectivity index (χ1) is 7.00. The van der Waals surface area contributed by atoms with Gasteiger partial charge in [0.15, 0.2) is 0 Å². The van der Waals surface area contributed by atoms with Gasteiger partial charge in [0.05, 0.1) is 5.56 Å². The summed E-state index contributed by atoms with van der Waals surface area (Å²) in [7, 11) is 0. The summed E-state index contributed by atoms with van der Waals surface area (Å²) in [6.07, 6.45) is -4.33. The second-order valence-electron chi connectivity index (χ2n) is 3.14. The van der Waals surface area contributed by atoms with Gasteiger partial charge in [0, 0.05) is 4.47 Å². The third kappa shape index (κ3) is 1.86. The van der Waals surface area contributed by atoms with Crippen molar-refractivity contribution in [2.24, 2.45) is 0 Å².